The van der Waals surface area contributed by atoms with Crippen molar-refractivity contribution >= 4 is 41.8 Å². The lowest BCUT2D eigenvalue weighted by Gasteiger charge is -2.15. The van der Waals surface area contributed by atoms with Gasteiger partial charge < -0.3 is 5.11 Å². The highest BCUT2D eigenvalue weighted by molar-refractivity contribution is 6.05. The maximum atomic E-state index is 11.3. The summed E-state index contributed by atoms with van der Waals surface area (Å²) in [6, 6.07) is 21.2. The van der Waals surface area contributed by atoms with Crippen molar-refractivity contribution in [3.8, 4) is 5.75 Å². The molecule has 0 bridgehead atoms. The van der Waals surface area contributed by atoms with Crippen molar-refractivity contribution in [1.29, 1.82) is 0 Å². The molecule has 1 aliphatic rings. The Morgan fingerprint density at radius 1 is 0.690 bits per heavy atom. The molecule has 0 spiro atoms. The van der Waals surface area contributed by atoms with E-state index in [1.165, 1.54) is 17.0 Å². The number of para-hydroxylation sites is 1. The molecule has 42 heavy (non-hydrogen) atoms. The fraction of sp³-hybridized carbons (Fsp3) is 0.237. The first kappa shape index (κ1) is 28.9. The van der Waals surface area contributed by atoms with Crippen LogP contribution in [0.2, 0.25) is 0 Å². The average molecular weight is 557 g/mol. The van der Waals surface area contributed by atoms with E-state index in [1.54, 1.807) is 0 Å². The Kier molecular flexibility index (Phi) is 8.63. The number of unbranched alkanes of at least 4 members (excludes halogenated alkanes) is 1. The molecule has 0 fully saturated rings. The Morgan fingerprint density at radius 2 is 1.21 bits per heavy atom. The minimum absolute atomic E-state index is 0.101. The second-order valence-electron chi connectivity index (χ2n) is 11.7. The summed E-state index contributed by atoms with van der Waals surface area (Å²) >= 11 is 0. The number of hydrogen-bond acceptors (Lipinski definition) is 1. The third kappa shape index (κ3) is 6.33. The summed E-state index contributed by atoms with van der Waals surface area (Å²) < 4.78 is 6.51. The Morgan fingerprint density at radius 3 is 1.76 bits per heavy atom. The molecule has 2 aromatic carbocycles. The molecule has 1 aliphatic heterocycles. The van der Waals surface area contributed by atoms with Crippen LogP contribution < -0.4 is 9.13 Å². The molecule has 2 aromatic heterocycles. The highest BCUT2D eigenvalue weighted by Crippen LogP contribution is 2.40. The quantitative estimate of drug-likeness (QED) is 0.216. The number of aromatic nitrogens is 2. The molecule has 1 N–H and O–H groups in total. The molecule has 4 nitrogen and oxygen atoms in total. The van der Waals surface area contributed by atoms with Crippen LogP contribution in [0.1, 0.15) is 67.0 Å². The van der Waals surface area contributed by atoms with E-state index in [4.69, 9.17) is 0 Å². The van der Waals surface area contributed by atoms with Gasteiger partial charge in [-0.25, -0.2) is 9.13 Å². The van der Waals surface area contributed by atoms with E-state index in [0.29, 0.717) is 0 Å². The molecular weight excluding hydrogens is 514 g/mol. The Bertz CT molecular complexity index is 1610. The van der Waals surface area contributed by atoms with Crippen LogP contribution in [0.5, 0.6) is 5.75 Å². The largest absolute Gasteiger partial charge is 0.507 e. The zero-order chi connectivity index (χ0) is 29.7. The normalized spacial score (nSPS) is 14.5. The number of rotatable bonds is 9. The van der Waals surface area contributed by atoms with Crippen molar-refractivity contribution in [2.75, 3.05) is 6.54 Å². The van der Waals surface area contributed by atoms with Crippen molar-refractivity contribution in [2.24, 2.45) is 14.1 Å². The van der Waals surface area contributed by atoms with Crippen molar-refractivity contribution in [3.63, 3.8) is 0 Å². The first-order chi connectivity index (χ1) is 20.3. The second kappa shape index (κ2) is 12.5. The lowest BCUT2D eigenvalue weighted by atomic mass is 9.81. The number of aryl methyl sites for hydroxylation is 2. The van der Waals surface area contributed by atoms with Gasteiger partial charge in [-0.3, -0.25) is 0 Å². The molecule has 0 unspecified atom stereocenters. The molecule has 0 amide bonds. The van der Waals surface area contributed by atoms with Gasteiger partial charge in [0.2, 0.25) is 5.69 Å². The minimum atomic E-state index is -0.101. The van der Waals surface area contributed by atoms with E-state index in [-0.39, 0.29) is 11.2 Å². The summed E-state index contributed by atoms with van der Waals surface area (Å²) in [6.07, 6.45) is 22.9. The van der Waals surface area contributed by atoms with Crippen LogP contribution in [0.3, 0.4) is 0 Å². The van der Waals surface area contributed by atoms with E-state index in [2.05, 4.69) is 98.2 Å². The standard InChI is InChI=1S/C38H41N3O/c1-6-7-22-41-35-11-9-8-10-34(35)38(2,3)36(41)17-14-31-27-32(15-12-29-18-23-39(4)24-19-29)37(42)33(28-31)16-13-30-20-25-40(5)26-21-30/h8-21,23-28H,6-7,22H2,1-5H3/q+2/p+1. The molecule has 0 saturated heterocycles. The summed E-state index contributed by atoms with van der Waals surface area (Å²) in [7, 11) is 4.01. The molecular formula is C38H42N3O+3. The van der Waals surface area contributed by atoms with E-state index < -0.39 is 0 Å². The molecule has 0 saturated carbocycles. The van der Waals surface area contributed by atoms with Crippen LogP contribution in [0.25, 0.3) is 30.4 Å². The number of hydrogen-bond donors (Lipinski definition) is 1. The zero-order valence-electron chi connectivity index (χ0n) is 25.5. The van der Waals surface area contributed by atoms with Crippen molar-refractivity contribution < 1.29 is 18.8 Å². The highest BCUT2D eigenvalue weighted by atomic mass is 16.3. The number of allylic oxidation sites excluding steroid dienone is 1. The van der Waals surface area contributed by atoms with Gasteiger partial charge in [0.25, 0.3) is 0 Å². The summed E-state index contributed by atoms with van der Waals surface area (Å²) in [5, 5.41) is 11.3. The smallest absolute Gasteiger partial charge is 0.209 e. The molecule has 4 heteroatoms. The van der Waals surface area contributed by atoms with E-state index in [9.17, 15) is 5.11 Å². The Labute approximate surface area is 250 Å². The van der Waals surface area contributed by atoms with E-state index >= 15 is 0 Å². The Hall–Kier alpha value is -4.57. The van der Waals surface area contributed by atoms with Gasteiger partial charge >= 0.3 is 0 Å². The fourth-order valence-corrected chi connectivity index (χ4v) is 5.55. The number of benzene rings is 2. The fourth-order valence-electron chi connectivity index (χ4n) is 5.55. The molecule has 212 valence electrons. The third-order valence-electron chi connectivity index (χ3n) is 8.08. The predicted octanol–water partition coefficient (Wildman–Crippen LogP) is 7.27. The number of phenols is 1. The maximum absolute atomic E-state index is 11.3. The van der Waals surface area contributed by atoms with Crippen LogP contribution in [0, 0.1) is 0 Å². The van der Waals surface area contributed by atoms with Gasteiger partial charge in [-0.2, -0.15) is 4.58 Å². The van der Waals surface area contributed by atoms with Gasteiger partial charge in [0.15, 0.2) is 30.5 Å². The molecule has 0 aliphatic carbocycles. The number of nitrogens with zero attached hydrogens (tertiary/aromatic N) is 3. The van der Waals surface area contributed by atoms with Gasteiger partial charge in [0.05, 0.1) is 5.41 Å². The lowest BCUT2D eigenvalue weighted by Crippen LogP contribution is -2.27. The van der Waals surface area contributed by atoms with Crippen LogP contribution in [0.4, 0.5) is 5.69 Å². The summed E-state index contributed by atoms with van der Waals surface area (Å²) in [5.41, 5.74) is 8.64. The third-order valence-corrected chi connectivity index (χ3v) is 8.08. The second-order valence-corrected chi connectivity index (χ2v) is 11.7. The van der Waals surface area contributed by atoms with Crippen LogP contribution in [-0.4, -0.2) is 21.9 Å². The highest BCUT2D eigenvalue weighted by Gasteiger charge is 2.43. The van der Waals surface area contributed by atoms with Crippen molar-refractivity contribution in [3.05, 3.63) is 125 Å². The summed E-state index contributed by atoms with van der Waals surface area (Å²) in [5.74, 6) is 0.272. The summed E-state index contributed by atoms with van der Waals surface area (Å²) in [4.78, 5) is 0. The minimum Gasteiger partial charge on any atom is -0.507 e. The molecule has 0 atom stereocenters. The van der Waals surface area contributed by atoms with Gasteiger partial charge in [0.1, 0.15) is 26.4 Å². The number of aromatic hydroxyl groups is 1. The van der Waals surface area contributed by atoms with E-state index in [1.807, 2.05) is 72.3 Å². The van der Waals surface area contributed by atoms with Crippen LogP contribution >= 0.6 is 0 Å². The summed E-state index contributed by atoms with van der Waals surface area (Å²) in [6.45, 7) is 7.87. The number of pyridine rings is 2. The van der Waals surface area contributed by atoms with Gasteiger partial charge in [-0.1, -0.05) is 55.8 Å². The van der Waals surface area contributed by atoms with Crippen LogP contribution in [-0.2, 0) is 19.5 Å². The Balaban J connectivity index is 1.56. The number of phenolic OH excluding ortho intramolecular Hbond substituents is 1. The van der Waals surface area contributed by atoms with Crippen LogP contribution in [0.15, 0.2) is 91.5 Å². The lowest BCUT2D eigenvalue weighted by molar-refractivity contribution is -0.671. The maximum Gasteiger partial charge on any atom is 0.209 e. The van der Waals surface area contributed by atoms with Crippen molar-refractivity contribution in [1.82, 2.24) is 0 Å². The first-order valence-electron chi connectivity index (χ1n) is 14.8. The molecule has 5 rings (SSSR count). The first-order valence-corrected chi connectivity index (χ1v) is 14.8. The van der Waals surface area contributed by atoms with Gasteiger partial charge in [-0.15, -0.1) is 0 Å². The van der Waals surface area contributed by atoms with Gasteiger partial charge in [-0.05, 0) is 48.7 Å². The molecule has 3 heterocycles. The average Bonchev–Trinajstić information content (AvgIpc) is 3.21. The topological polar surface area (TPSA) is 31.0 Å². The predicted molar refractivity (Wildman–Crippen MR) is 174 cm³/mol. The molecule has 4 aromatic rings. The molecule has 0 radical (unpaired) electrons. The monoisotopic (exact) mass is 556 g/mol. The SMILES string of the molecule is CCCC[N+]1=C(/C=C/c2cc(/C=C/c3cc[n+](C)cc3)c(O)c(/C=C/c3cc[n+](C)cc3)c2)C(C)(C)c2ccccc21. The van der Waals surface area contributed by atoms with Crippen molar-refractivity contribution in [2.45, 2.75) is 39.0 Å². The van der Waals surface area contributed by atoms with E-state index in [0.717, 1.165) is 47.2 Å². The number of fused-ring (bicyclic) bond motifs is 1. The zero-order valence-corrected chi connectivity index (χ0v) is 25.5. The van der Waals surface area contributed by atoms with Gasteiger partial charge in [0, 0.05) is 59.5 Å².